The summed E-state index contributed by atoms with van der Waals surface area (Å²) < 4.78 is 5.08. The van der Waals surface area contributed by atoms with Crippen molar-refractivity contribution in [2.75, 3.05) is 19.6 Å². The molecule has 0 saturated heterocycles. The van der Waals surface area contributed by atoms with Crippen molar-refractivity contribution in [3.05, 3.63) is 34.3 Å². The van der Waals surface area contributed by atoms with Crippen molar-refractivity contribution in [1.82, 2.24) is 10.3 Å². The Morgan fingerprint density at radius 3 is 2.94 bits per heavy atom. The van der Waals surface area contributed by atoms with Gasteiger partial charge < -0.3 is 15.5 Å². The van der Waals surface area contributed by atoms with Crippen LogP contribution in [0.3, 0.4) is 0 Å². The van der Waals surface area contributed by atoms with Crippen LogP contribution in [-0.2, 0) is 5.41 Å². The first-order valence-corrected chi connectivity index (χ1v) is 6.07. The highest BCUT2D eigenvalue weighted by molar-refractivity contribution is 5.73. The standard InChI is InChI=1S/C13H19N3O2/c1-13(2,8-15-6-5-14)9-3-4-10-11(7-9)18-12(17)16-10/h3-4,7,15H,5-6,8,14H2,1-2H3,(H,16,17). The first-order valence-electron chi connectivity index (χ1n) is 6.07. The van der Waals surface area contributed by atoms with Crippen molar-refractivity contribution in [3.63, 3.8) is 0 Å². The number of aromatic nitrogens is 1. The van der Waals surface area contributed by atoms with E-state index in [2.05, 4.69) is 24.1 Å². The highest BCUT2D eigenvalue weighted by Crippen LogP contribution is 2.25. The van der Waals surface area contributed by atoms with Gasteiger partial charge in [-0.3, -0.25) is 4.98 Å². The van der Waals surface area contributed by atoms with Gasteiger partial charge >= 0.3 is 5.76 Å². The van der Waals surface area contributed by atoms with E-state index in [4.69, 9.17) is 10.2 Å². The molecule has 98 valence electrons. The number of nitrogens with two attached hydrogens (primary N) is 1. The molecule has 0 radical (unpaired) electrons. The van der Waals surface area contributed by atoms with Crippen molar-refractivity contribution in [3.8, 4) is 0 Å². The molecular weight excluding hydrogens is 230 g/mol. The fourth-order valence-corrected chi connectivity index (χ4v) is 1.97. The van der Waals surface area contributed by atoms with Crippen LogP contribution in [-0.4, -0.2) is 24.6 Å². The van der Waals surface area contributed by atoms with Crippen LogP contribution in [0.1, 0.15) is 19.4 Å². The second kappa shape index (κ2) is 4.96. The summed E-state index contributed by atoms with van der Waals surface area (Å²) in [6.07, 6.45) is 0. The number of nitrogens with one attached hydrogen (secondary N) is 2. The fourth-order valence-electron chi connectivity index (χ4n) is 1.97. The lowest BCUT2D eigenvalue weighted by atomic mass is 9.84. The lowest BCUT2D eigenvalue weighted by Crippen LogP contribution is -2.35. The topological polar surface area (TPSA) is 84.0 Å². The minimum absolute atomic E-state index is 0.0425. The van der Waals surface area contributed by atoms with E-state index < -0.39 is 5.76 Å². The van der Waals surface area contributed by atoms with Crippen LogP contribution < -0.4 is 16.8 Å². The zero-order chi connectivity index (χ0) is 13.2. The third kappa shape index (κ3) is 2.63. The Kier molecular flexibility index (Phi) is 3.54. The molecule has 0 unspecified atom stereocenters. The Bertz CT molecular complexity index is 583. The molecule has 0 aliphatic carbocycles. The number of fused-ring (bicyclic) bond motifs is 1. The molecule has 1 aromatic carbocycles. The molecular formula is C13H19N3O2. The summed E-state index contributed by atoms with van der Waals surface area (Å²) in [7, 11) is 0. The summed E-state index contributed by atoms with van der Waals surface area (Å²) in [6.45, 7) is 6.53. The SMILES string of the molecule is CC(C)(CNCCN)c1ccc2[nH]c(=O)oc2c1. The highest BCUT2D eigenvalue weighted by atomic mass is 16.4. The van der Waals surface area contributed by atoms with E-state index in [-0.39, 0.29) is 5.41 Å². The first-order chi connectivity index (χ1) is 8.53. The molecule has 0 bridgehead atoms. The zero-order valence-corrected chi connectivity index (χ0v) is 10.7. The molecule has 0 fully saturated rings. The smallest absolute Gasteiger partial charge is 0.408 e. The predicted octanol–water partition coefficient (Wildman–Crippen LogP) is 0.947. The summed E-state index contributed by atoms with van der Waals surface area (Å²) in [6, 6.07) is 5.80. The van der Waals surface area contributed by atoms with Gasteiger partial charge in [0.2, 0.25) is 0 Å². The molecule has 4 N–H and O–H groups in total. The van der Waals surface area contributed by atoms with Gasteiger partial charge in [0.1, 0.15) is 0 Å². The van der Waals surface area contributed by atoms with E-state index in [0.29, 0.717) is 12.1 Å². The molecule has 18 heavy (non-hydrogen) atoms. The average molecular weight is 249 g/mol. The van der Waals surface area contributed by atoms with Crippen LogP contribution in [0.2, 0.25) is 0 Å². The molecule has 5 nitrogen and oxygen atoms in total. The summed E-state index contributed by atoms with van der Waals surface area (Å²) >= 11 is 0. The molecule has 0 aliphatic rings. The summed E-state index contributed by atoms with van der Waals surface area (Å²) in [5.41, 5.74) is 7.87. The Morgan fingerprint density at radius 2 is 2.22 bits per heavy atom. The second-order valence-electron chi connectivity index (χ2n) is 5.07. The lowest BCUT2D eigenvalue weighted by molar-refractivity contribution is 0.472. The van der Waals surface area contributed by atoms with Crippen LogP contribution >= 0.6 is 0 Å². The molecule has 0 spiro atoms. The second-order valence-corrected chi connectivity index (χ2v) is 5.07. The van der Waals surface area contributed by atoms with Crippen LogP contribution in [0.15, 0.2) is 27.4 Å². The summed E-state index contributed by atoms with van der Waals surface area (Å²) in [5.74, 6) is -0.416. The van der Waals surface area contributed by atoms with Crippen LogP contribution in [0.4, 0.5) is 0 Å². The number of benzene rings is 1. The minimum Gasteiger partial charge on any atom is -0.408 e. The van der Waals surface area contributed by atoms with Crippen molar-refractivity contribution in [2.45, 2.75) is 19.3 Å². The minimum atomic E-state index is -0.416. The Balaban J connectivity index is 2.25. The van der Waals surface area contributed by atoms with E-state index in [1.165, 1.54) is 0 Å². The Hall–Kier alpha value is -1.59. The number of hydrogen-bond acceptors (Lipinski definition) is 4. The Morgan fingerprint density at radius 1 is 1.44 bits per heavy atom. The van der Waals surface area contributed by atoms with Gasteiger partial charge in [0.15, 0.2) is 5.58 Å². The van der Waals surface area contributed by atoms with Crippen molar-refractivity contribution >= 4 is 11.1 Å². The molecule has 1 heterocycles. The van der Waals surface area contributed by atoms with Crippen molar-refractivity contribution in [2.24, 2.45) is 5.73 Å². The molecule has 2 rings (SSSR count). The molecule has 2 aromatic rings. The number of rotatable bonds is 5. The third-order valence-corrected chi connectivity index (χ3v) is 3.09. The average Bonchev–Trinajstić information content (AvgIpc) is 2.68. The van der Waals surface area contributed by atoms with E-state index in [1.807, 2.05) is 18.2 Å². The lowest BCUT2D eigenvalue weighted by Gasteiger charge is -2.25. The number of oxazole rings is 1. The zero-order valence-electron chi connectivity index (χ0n) is 10.7. The molecule has 0 saturated carbocycles. The maximum Gasteiger partial charge on any atom is 0.417 e. The number of H-pyrrole nitrogens is 1. The summed E-state index contributed by atoms with van der Waals surface area (Å²) in [5, 5.41) is 3.30. The van der Waals surface area contributed by atoms with E-state index in [0.717, 1.165) is 24.2 Å². The monoisotopic (exact) mass is 249 g/mol. The predicted molar refractivity (Wildman–Crippen MR) is 71.8 cm³/mol. The molecule has 5 heteroatoms. The molecule has 0 amide bonds. The maximum atomic E-state index is 11.1. The van der Waals surface area contributed by atoms with Gasteiger partial charge in [0.05, 0.1) is 5.52 Å². The molecule has 1 aromatic heterocycles. The normalized spacial score (nSPS) is 12.2. The van der Waals surface area contributed by atoms with Crippen molar-refractivity contribution < 1.29 is 4.42 Å². The van der Waals surface area contributed by atoms with Gasteiger partial charge in [-0.15, -0.1) is 0 Å². The fraction of sp³-hybridized carbons (Fsp3) is 0.462. The van der Waals surface area contributed by atoms with Gasteiger partial charge in [-0.05, 0) is 17.7 Å². The third-order valence-electron chi connectivity index (χ3n) is 3.09. The van der Waals surface area contributed by atoms with Gasteiger partial charge in [-0.25, -0.2) is 4.79 Å². The molecule has 0 aliphatic heterocycles. The summed E-state index contributed by atoms with van der Waals surface area (Å²) in [4.78, 5) is 13.7. The van der Waals surface area contributed by atoms with E-state index in [9.17, 15) is 4.79 Å². The van der Waals surface area contributed by atoms with Gasteiger partial charge in [-0.1, -0.05) is 19.9 Å². The maximum absolute atomic E-state index is 11.1. The first kappa shape index (κ1) is 12.9. The van der Waals surface area contributed by atoms with E-state index >= 15 is 0 Å². The number of hydrogen-bond donors (Lipinski definition) is 3. The van der Waals surface area contributed by atoms with Gasteiger partial charge in [-0.2, -0.15) is 0 Å². The highest BCUT2D eigenvalue weighted by Gasteiger charge is 2.21. The van der Waals surface area contributed by atoms with Crippen molar-refractivity contribution in [1.29, 1.82) is 0 Å². The van der Waals surface area contributed by atoms with Gasteiger partial charge in [0, 0.05) is 25.0 Å². The quantitative estimate of drug-likeness (QED) is 0.689. The van der Waals surface area contributed by atoms with E-state index in [1.54, 1.807) is 0 Å². The molecule has 0 atom stereocenters. The largest absolute Gasteiger partial charge is 0.417 e. The Labute approximate surface area is 105 Å². The van der Waals surface area contributed by atoms with Crippen LogP contribution in [0.5, 0.6) is 0 Å². The van der Waals surface area contributed by atoms with Crippen LogP contribution in [0, 0.1) is 0 Å². The number of aromatic amines is 1. The van der Waals surface area contributed by atoms with Crippen LogP contribution in [0.25, 0.3) is 11.1 Å². The van der Waals surface area contributed by atoms with Gasteiger partial charge in [0.25, 0.3) is 0 Å².